The molecule has 1 fully saturated rings. The van der Waals surface area contributed by atoms with Crippen molar-refractivity contribution in [3.63, 3.8) is 0 Å². The van der Waals surface area contributed by atoms with Crippen molar-refractivity contribution in [1.82, 2.24) is 0 Å². The molecule has 0 saturated heterocycles. The molecule has 2 heteroatoms. The van der Waals surface area contributed by atoms with Crippen LogP contribution in [0.15, 0.2) is 60.2 Å². The van der Waals surface area contributed by atoms with Gasteiger partial charge in [0.15, 0.2) is 11.6 Å². The number of ketones is 2. The third-order valence-corrected chi connectivity index (χ3v) is 5.01. The Balaban J connectivity index is 1.94. The molecule has 0 aliphatic heterocycles. The van der Waals surface area contributed by atoms with E-state index in [-0.39, 0.29) is 22.9 Å². The molecule has 104 valence electrons. The quantitative estimate of drug-likeness (QED) is 0.786. The first kappa shape index (κ1) is 12.5. The lowest BCUT2D eigenvalue weighted by atomic mass is 9.59. The van der Waals surface area contributed by atoms with Crippen molar-refractivity contribution in [1.29, 1.82) is 0 Å². The molecular formula is C19H16O2. The lowest BCUT2D eigenvalue weighted by Gasteiger charge is -2.42. The normalized spacial score (nSPS) is 30.6. The molecule has 0 N–H and O–H groups in total. The Morgan fingerprint density at radius 3 is 2.67 bits per heavy atom. The number of carbonyl (C=O) groups is 2. The van der Waals surface area contributed by atoms with Crippen LogP contribution in [0.3, 0.4) is 0 Å². The summed E-state index contributed by atoms with van der Waals surface area (Å²) in [4.78, 5) is 24.3. The van der Waals surface area contributed by atoms with Gasteiger partial charge in [-0.1, -0.05) is 42.0 Å². The molecule has 21 heavy (non-hydrogen) atoms. The highest BCUT2D eigenvalue weighted by Gasteiger charge is 2.53. The van der Waals surface area contributed by atoms with Crippen molar-refractivity contribution >= 4 is 17.1 Å². The maximum atomic E-state index is 12.5. The molecule has 1 aromatic rings. The van der Waals surface area contributed by atoms with Gasteiger partial charge in [-0.15, -0.1) is 0 Å². The Bertz CT molecular complexity index is 721. The highest BCUT2D eigenvalue weighted by atomic mass is 16.1. The summed E-state index contributed by atoms with van der Waals surface area (Å²) in [5, 5.41) is 0. The maximum absolute atomic E-state index is 12.5. The van der Waals surface area contributed by atoms with E-state index in [0.29, 0.717) is 0 Å². The molecule has 0 heterocycles. The van der Waals surface area contributed by atoms with Crippen LogP contribution in [0.25, 0.3) is 5.57 Å². The van der Waals surface area contributed by atoms with Crippen LogP contribution in [0.5, 0.6) is 0 Å². The summed E-state index contributed by atoms with van der Waals surface area (Å²) >= 11 is 0. The van der Waals surface area contributed by atoms with Gasteiger partial charge in [-0.3, -0.25) is 9.59 Å². The van der Waals surface area contributed by atoms with E-state index in [2.05, 4.69) is 0 Å². The lowest BCUT2D eigenvalue weighted by Crippen LogP contribution is -2.36. The fraction of sp³-hybridized carbons (Fsp3) is 0.263. The average Bonchev–Trinajstić information content (AvgIpc) is 2.81. The first-order chi connectivity index (χ1) is 10.2. The molecule has 1 spiro atoms. The minimum atomic E-state index is -0.370. The molecule has 0 bridgehead atoms. The summed E-state index contributed by atoms with van der Waals surface area (Å²) in [6.45, 7) is 0. The minimum Gasteiger partial charge on any atom is -0.294 e. The SMILES string of the molecule is O=C1C=C[C@]23C(=C1)CCC[C@H]2C(=O)C=C3c1ccccc1. The van der Waals surface area contributed by atoms with Gasteiger partial charge in [0.2, 0.25) is 0 Å². The Hall–Kier alpha value is -2.22. The second kappa shape index (κ2) is 4.39. The summed E-state index contributed by atoms with van der Waals surface area (Å²) < 4.78 is 0. The Kier molecular flexibility index (Phi) is 2.61. The molecule has 2 nitrogen and oxygen atoms in total. The number of benzene rings is 1. The van der Waals surface area contributed by atoms with Crippen molar-refractivity contribution in [3.8, 4) is 0 Å². The number of allylic oxidation sites excluding steroid dienone is 6. The highest BCUT2D eigenvalue weighted by molar-refractivity contribution is 6.11. The van der Waals surface area contributed by atoms with Gasteiger partial charge in [0.05, 0.1) is 0 Å². The maximum Gasteiger partial charge on any atom is 0.178 e. The Morgan fingerprint density at radius 1 is 1.05 bits per heavy atom. The van der Waals surface area contributed by atoms with E-state index in [1.807, 2.05) is 36.4 Å². The van der Waals surface area contributed by atoms with Crippen LogP contribution >= 0.6 is 0 Å². The van der Waals surface area contributed by atoms with E-state index >= 15 is 0 Å². The number of carbonyl (C=O) groups excluding carboxylic acids is 2. The molecule has 0 aromatic heterocycles. The van der Waals surface area contributed by atoms with Crippen LogP contribution < -0.4 is 0 Å². The molecular weight excluding hydrogens is 260 g/mol. The fourth-order valence-corrected chi connectivity index (χ4v) is 4.12. The van der Waals surface area contributed by atoms with Crippen LogP contribution in [0.4, 0.5) is 0 Å². The smallest absolute Gasteiger partial charge is 0.178 e. The highest BCUT2D eigenvalue weighted by Crippen LogP contribution is 2.59. The van der Waals surface area contributed by atoms with Crippen molar-refractivity contribution in [2.24, 2.45) is 11.3 Å². The van der Waals surface area contributed by atoms with Gasteiger partial charge in [-0.2, -0.15) is 0 Å². The van der Waals surface area contributed by atoms with Gasteiger partial charge >= 0.3 is 0 Å². The van der Waals surface area contributed by atoms with Crippen molar-refractivity contribution < 1.29 is 9.59 Å². The van der Waals surface area contributed by atoms with Gasteiger partial charge in [0, 0.05) is 11.3 Å². The summed E-state index contributed by atoms with van der Waals surface area (Å²) in [7, 11) is 0. The van der Waals surface area contributed by atoms with Crippen molar-refractivity contribution in [3.05, 3.63) is 65.8 Å². The van der Waals surface area contributed by atoms with Crippen molar-refractivity contribution in [2.75, 3.05) is 0 Å². The molecule has 1 saturated carbocycles. The second-order valence-corrected chi connectivity index (χ2v) is 6.05. The lowest BCUT2D eigenvalue weighted by molar-refractivity contribution is -0.119. The zero-order chi connectivity index (χ0) is 14.4. The van der Waals surface area contributed by atoms with Crippen LogP contribution in [0.2, 0.25) is 0 Å². The summed E-state index contributed by atoms with van der Waals surface area (Å²) in [6.07, 6.45) is 9.98. The van der Waals surface area contributed by atoms with Gasteiger partial charge in [0.1, 0.15) is 0 Å². The zero-order valence-corrected chi connectivity index (χ0v) is 11.7. The fourth-order valence-electron chi connectivity index (χ4n) is 4.12. The third kappa shape index (κ3) is 1.65. The van der Waals surface area contributed by atoms with Crippen LogP contribution in [0, 0.1) is 11.3 Å². The molecule has 0 radical (unpaired) electrons. The number of hydrogen-bond acceptors (Lipinski definition) is 2. The van der Waals surface area contributed by atoms with E-state index in [1.165, 1.54) is 0 Å². The summed E-state index contributed by atoms with van der Waals surface area (Å²) in [5.41, 5.74) is 2.89. The molecule has 0 amide bonds. The molecule has 1 aromatic carbocycles. The van der Waals surface area contributed by atoms with Gasteiger partial charge in [0.25, 0.3) is 0 Å². The van der Waals surface area contributed by atoms with E-state index in [9.17, 15) is 9.59 Å². The molecule has 3 aliphatic rings. The molecule has 3 aliphatic carbocycles. The van der Waals surface area contributed by atoms with Crippen LogP contribution in [-0.4, -0.2) is 11.6 Å². The topological polar surface area (TPSA) is 34.1 Å². The molecule has 2 atom stereocenters. The van der Waals surface area contributed by atoms with E-state index in [4.69, 9.17) is 0 Å². The number of hydrogen-bond donors (Lipinski definition) is 0. The van der Waals surface area contributed by atoms with E-state index in [1.54, 1.807) is 18.2 Å². The first-order valence-electron chi connectivity index (χ1n) is 7.47. The van der Waals surface area contributed by atoms with Gasteiger partial charge < -0.3 is 0 Å². The average molecular weight is 276 g/mol. The molecule has 4 rings (SSSR count). The predicted molar refractivity (Wildman–Crippen MR) is 81.4 cm³/mol. The van der Waals surface area contributed by atoms with Crippen molar-refractivity contribution in [2.45, 2.75) is 19.3 Å². The second-order valence-electron chi connectivity index (χ2n) is 6.05. The van der Waals surface area contributed by atoms with Crippen LogP contribution in [-0.2, 0) is 9.59 Å². The first-order valence-corrected chi connectivity index (χ1v) is 7.47. The van der Waals surface area contributed by atoms with Crippen LogP contribution in [0.1, 0.15) is 24.8 Å². The molecule has 0 unspecified atom stereocenters. The largest absolute Gasteiger partial charge is 0.294 e. The van der Waals surface area contributed by atoms with E-state index < -0.39 is 0 Å². The van der Waals surface area contributed by atoms with Gasteiger partial charge in [-0.25, -0.2) is 0 Å². The zero-order valence-electron chi connectivity index (χ0n) is 11.7. The Labute approximate surface area is 123 Å². The summed E-state index contributed by atoms with van der Waals surface area (Å²) in [5.74, 6) is 0.221. The standard InChI is InChI=1S/C19H16O2/c20-15-9-10-19-14(11-15)7-4-8-16(19)18(21)12-17(19)13-5-2-1-3-6-13/h1-3,5-6,9-12,16H,4,7-8H2/t16-,19-/m0/s1. The summed E-state index contributed by atoms with van der Waals surface area (Å²) in [6, 6.07) is 10.1. The monoisotopic (exact) mass is 276 g/mol. The third-order valence-electron chi connectivity index (χ3n) is 5.01. The van der Waals surface area contributed by atoms with E-state index in [0.717, 1.165) is 36.0 Å². The van der Waals surface area contributed by atoms with Gasteiger partial charge in [-0.05, 0) is 48.6 Å². The predicted octanol–water partition coefficient (Wildman–Crippen LogP) is 3.50. The Morgan fingerprint density at radius 2 is 1.86 bits per heavy atom. The number of rotatable bonds is 1. The minimum absolute atomic E-state index is 0.0305.